The van der Waals surface area contributed by atoms with Gasteiger partial charge in [0.1, 0.15) is 23.7 Å². The molecule has 0 aliphatic heterocycles. The van der Waals surface area contributed by atoms with Gasteiger partial charge in [-0.2, -0.15) is 0 Å². The van der Waals surface area contributed by atoms with Gasteiger partial charge in [-0.15, -0.1) is 0 Å². The van der Waals surface area contributed by atoms with Crippen molar-refractivity contribution in [3.05, 3.63) is 59.4 Å². The third-order valence-corrected chi connectivity index (χ3v) is 8.35. The van der Waals surface area contributed by atoms with Crippen LogP contribution in [0.15, 0.2) is 48.5 Å². The Morgan fingerprint density at radius 1 is 1.08 bits per heavy atom. The van der Waals surface area contributed by atoms with Crippen LogP contribution in [0, 0.1) is 5.92 Å². The molecule has 0 fully saturated rings. The predicted octanol–water partition coefficient (Wildman–Crippen LogP) is 6.58. The minimum absolute atomic E-state index is 0.127. The minimum atomic E-state index is -3.79. The molecule has 0 saturated heterocycles. The Morgan fingerprint density at radius 2 is 1.79 bits per heavy atom. The molecule has 2 heterocycles. The highest BCUT2D eigenvalue weighted by Gasteiger charge is 2.33. The molecule has 1 unspecified atom stereocenters. The van der Waals surface area contributed by atoms with Gasteiger partial charge in [-0.3, -0.25) is 4.52 Å². The second kappa shape index (κ2) is 12.0. The van der Waals surface area contributed by atoms with E-state index in [0.29, 0.717) is 41.1 Å². The lowest BCUT2D eigenvalue weighted by Gasteiger charge is -2.28. The van der Waals surface area contributed by atoms with Crippen LogP contribution in [0.1, 0.15) is 40.4 Å². The van der Waals surface area contributed by atoms with E-state index < -0.39 is 13.9 Å². The average Bonchev–Trinajstić information content (AvgIpc) is 3.22. The van der Waals surface area contributed by atoms with E-state index >= 15 is 0 Å². The molecule has 0 aliphatic rings. The summed E-state index contributed by atoms with van der Waals surface area (Å²) < 4.78 is 33.8. The molecule has 0 amide bonds. The number of halogens is 1. The van der Waals surface area contributed by atoms with Gasteiger partial charge in [0.05, 0.1) is 23.7 Å². The van der Waals surface area contributed by atoms with Gasteiger partial charge in [0, 0.05) is 23.1 Å². The molecule has 0 radical (unpaired) electrons. The lowest BCUT2D eigenvalue weighted by Crippen LogP contribution is -2.32. The molecule has 0 spiro atoms. The smallest absolute Gasteiger partial charge is 0.413 e. The number of hydrogen-bond acceptors (Lipinski definition) is 7. The first-order valence-electron chi connectivity index (χ1n) is 12.7. The van der Waals surface area contributed by atoms with Crippen molar-refractivity contribution in [2.24, 2.45) is 5.92 Å². The number of imidazole rings is 1. The van der Waals surface area contributed by atoms with Gasteiger partial charge in [-0.1, -0.05) is 43.6 Å². The van der Waals surface area contributed by atoms with E-state index in [1.807, 2.05) is 63.5 Å². The molecule has 3 N–H and O–H groups in total. The first kappa shape index (κ1) is 28.3. The Bertz CT molecular complexity index is 1440. The number of aromatic nitrogens is 3. The van der Waals surface area contributed by atoms with Crippen LogP contribution in [-0.2, 0) is 27.0 Å². The number of pyridine rings is 1. The van der Waals surface area contributed by atoms with E-state index in [2.05, 4.69) is 10.1 Å². The maximum atomic E-state index is 14.0. The fourth-order valence-corrected chi connectivity index (χ4v) is 6.06. The molecule has 4 aromatic rings. The van der Waals surface area contributed by atoms with E-state index in [0.717, 1.165) is 16.4 Å². The zero-order valence-electron chi connectivity index (χ0n) is 22.3. The molecule has 4 rings (SSSR count). The molecular weight excluding hydrogens is 525 g/mol. The van der Waals surface area contributed by atoms with Gasteiger partial charge in [0.2, 0.25) is 0 Å². The zero-order chi connectivity index (χ0) is 27.4. The van der Waals surface area contributed by atoms with Crippen LogP contribution in [0.4, 0.5) is 5.82 Å². The molecule has 11 heteroatoms. The van der Waals surface area contributed by atoms with Crippen LogP contribution in [0.25, 0.3) is 21.9 Å². The number of hydrogen-bond donors (Lipinski definition) is 2. The lowest BCUT2D eigenvalue weighted by molar-refractivity contribution is 0.121. The van der Waals surface area contributed by atoms with Gasteiger partial charge in [-0.25, -0.2) is 19.6 Å². The van der Waals surface area contributed by atoms with Crippen LogP contribution in [0.3, 0.4) is 0 Å². The van der Waals surface area contributed by atoms with Gasteiger partial charge < -0.3 is 19.6 Å². The number of benzene rings is 2. The van der Waals surface area contributed by atoms with Gasteiger partial charge in [0.25, 0.3) is 0 Å². The summed E-state index contributed by atoms with van der Waals surface area (Å²) in [6, 6.07) is 14.3. The van der Waals surface area contributed by atoms with Crippen LogP contribution < -0.4 is 15.3 Å². The highest BCUT2D eigenvalue weighted by molar-refractivity contribution is 7.52. The molecule has 0 saturated carbocycles. The van der Waals surface area contributed by atoms with E-state index in [-0.39, 0.29) is 18.6 Å². The summed E-state index contributed by atoms with van der Waals surface area (Å²) in [6.07, 6.45) is -0.536. The number of nitrogen functional groups attached to an aromatic ring is 1. The Hall–Kier alpha value is -2.68. The maximum absolute atomic E-state index is 14.0. The van der Waals surface area contributed by atoms with Crippen LogP contribution in [0.5, 0.6) is 5.75 Å². The number of nitrogens with one attached hydrogen (secondary N) is 1. The number of fused-ring (bicyclic) bond motifs is 3. The van der Waals surface area contributed by atoms with Crippen molar-refractivity contribution in [2.45, 2.75) is 59.9 Å². The second-order valence-electron chi connectivity index (χ2n) is 9.61. The summed E-state index contributed by atoms with van der Waals surface area (Å²) >= 11 is 6.02. The average molecular weight is 560 g/mol. The number of ether oxygens (including phenoxy) is 1. The summed E-state index contributed by atoms with van der Waals surface area (Å²) in [5.41, 5.74) is 8.49. The molecule has 204 valence electrons. The molecule has 38 heavy (non-hydrogen) atoms. The lowest BCUT2D eigenvalue weighted by atomic mass is 10.1. The molecule has 2 aromatic heterocycles. The molecule has 3 atom stereocenters. The molecular formula is C27H35ClN5O4P. The van der Waals surface area contributed by atoms with Crippen LogP contribution in [0.2, 0.25) is 5.02 Å². The highest BCUT2D eigenvalue weighted by Crippen LogP contribution is 2.47. The minimum Gasteiger partial charge on any atom is -0.413 e. The molecule has 2 aromatic carbocycles. The summed E-state index contributed by atoms with van der Waals surface area (Å²) in [4.78, 5) is 9.29. The fraction of sp³-hybridized carbons (Fsp3) is 0.407. The predicted molar refractivity (Wildman–Crippen MR) is 152 cm³/mol. The number of nitrogens with two attached hydrogens (primary N) is 1. The first-order chi connectivity index (χ1) is 18.1. The quantitative estimate of drug-likeness (QED) is 0.187. The number of nitrogens with zero attached hydrogens (tertiary/aromatic N) is 3. The third-order valence-electron chi connectivity index (χ3n) is 6.28. The Kier molecular flexibility index (Phi) is 8.96. The van der Waals surface area contributed by atoms with E-state index in [9.17, 15) is 4.57 Å². The van der Waals surface area contributed by atoms with E-state index in [1.54, 1.807) is 24.3 Å². The van der Waals surface area contributed by atoms with Crippen molar-refractivity contribution in [1.29, 1.82) is 0 Å². The highest BCUT2D eigenvalue weighted by atomic mass is 35.5. The fourth-order valence-electron chi connectivity index (χ4n) is 4.04. The van der Waals surface area contributed by atoms with Crippen molar-refractivity contribution in [1.82, 2.24) is 19.6 Å². The van der Waals surface area contributed by atoms with E-state index in [1.165, 1.54) is 0 Å². The zero-order valence-corrected chi connectivity index (χ0v) is 24.0. The van der Waals surface area contributed by atoms with Crippen molar-refractivity contribution in [3.8, 4) is 5.75 Å². The summed E-state index contributed by atoms with van der Waals surface area (Å²) in [7, 11) is -3.79. The molecule has 0 bridgehead atoms. The number of rotatable bonds is 12. The van der Waals surface area contributed by atoms with Crippen molar-refractivity contribution >= 4 is 47.1 Å². The van der Waals surface area contributed by atoms with Crippen molar-refractivity contribution in [2.75, 3.05) is 12.3 Å². The normalized spacial score (nSPS) is 15.1. The molecule has 9 nitrogen and oxygen atoms in total. The largest absolute Gasteiger partial charge is 0.459 e. The van der Waals surface area contributed by atoms with Gasteiger partial charge in [0.15, 0.2) is 5.82 Å². The second-order valence-corrected chi connectivity index (χ2v) is 11.7. The topological polar surface area (TPSA) is 114 Å². The van der Waals surface area contributed by atoms with Crippen molar-refractivity contribution < 1.29 is 18.3 Å². The van der Waals surface area contributed by atoms with Gasteiger partial charge >= 0.3 is 7.75 Å². The van der Waals surface area contributed by atoms with Gasteiger partial charge in [-0.05, 0) is 57.0 Å². The van der Waals surface area contributed by atoms with Crippen molar-refractivity contribution in [3.63, 3.8) is 0 Å². The number of para-hydroxylation sites is 1. The summed E-state index contributed by atoms with van der Waals surface area (Å²) in [5.74, 6) is 1.61. The Labute approximate surface area is 228 Å². The monoisotopic (exact) mass is 559 g/mol. The third kappa shape index (κ3) is 6.47. The van der Waals surface area contributed by atoms with Crippen LogP contribution >= 0.6 is 19.3 Å². The Morgan fingerprint density at radius 3 is 2.47 bits per heavy atom. The molecule has 0 aliphatic carbocycles. The number of anilines is 1. The summed E-state index contributed by atoms with van der Waals surface area (Å²) in [6.45, 7) is 10.9. The SMILES string of the molecule is CCOCc1nc2c(N)nc3ccccc3c2n1C[C@@H](C)OP(=O)(N[C@@H](C)C(C)C)Oc1ccc(Cl)cc1. The summed E-state index contributed by atoms with van der Waals surface area (Å²) in [5, 5.41) is 4.55. The first-order valence-corrected chi connectivity index (χ1v) is 14.6. The standard InChI is InChI=1S/C27H35ClN5O4P/c1-6-35-16-24-31-25-26(22-9-7-8-10-23(22)30-27(25)29)33(24)15-18(4)36-38(34,32-19(5)17(2)3)37-21-13-11-20(28)12-14-21/h7-14,17-19H,6,15-16H2,1-5H3,(H2,29,30)(H,32,34)/t18-,19+,38?/m1/s1. The maximum Gasteiger partial charge on any atom is 0.459 e. The van der Waals surface area contributed by atoms with E-state index in [4.69, 9.17) is 36.1 Å². The van der Waals surface area contributed by atoms with Crippen LogP contribution in [-0.4, -0.2) is 33.3 Å². The Balaban J connectivity index is 1.70.